The number of benzene rings is 1. The molecule has 1 rings (SSSR count). The lowest BCUT2D eigenvalue weighted by Crippen LogP contribution is -1.91. The second-order valence-electron chi connectivity index (χ2n) is 2.18. The Morgan fingerprint density at radius 3 is 2.67 bits per heavy atom. The van der Waals surface area contributed by atoms with Crippen molar-refractivity contribution in [1.29, 1.82) is 0 Å². The summed E-state index contributed by atoms with van der Waals surface area (Å²) in [6.07, 6.45) is 1.33. The summed E-state index contributed by atoms with van der Waals surface area (Å²) in [6.45, 7) is 3.40. The summed E-state index contributed by atoms with van der Waals surface area (Å²) in [6, 6.07) is 4.31. The van der Waals surface area contributed by atoms with Gasteiger partial charge in [0.05, 0.1) is 10.5 Å². The van der Waals surface area contributed by atoms with Gasteiger partial charge in [-0.15, -0.1) is 0 Å². The molecule has 0 spiro atoms. The van der Waals surface area contributed by atoms with E-state index in [0.29, 0.717) is 5.56 Å². The van der Waals surface area contributed by atoms with Gasteiger partial charge in [0, 0.05) is 0 Å². The average molecular weight is 165 g/mol. The number of para-hydroxylation sites is 1. The highest BCUT2D eigenvalue weighted by Crippen LogP contribution is 2.29. The Hall–Kier alpha value is -1.84. The molecule has 0 aliphatic heterocycles. The summed E-state index contributed by atoms with van der Waals surface area (Å²) in [4.78, 5) is 9.77. The van der Waals surface area contributed by atoms with Crippen molar-refractivity contribution in [2.75, 3.05) is 0 Å². The molecule has 1 aromatic rings. The van der Waals surface area contributed by atoms with Gasteiger partial charge in [-0.3, -0.25) is 10.1 Å². The van der Waals surface area contributed by atoms with Crippen LogP contribution in [0.4, 0.5) is 5.69 Å². The van der Waals surface area contributed by atoms with Crippen molar-refractivity contribution >= 4 is 11.8 Å². The molecule has 0 saturated heterocycles. The smallest absolute Gasteiger partial charge is 0.317 e. The standard InChI is InChI=1S/C8H7NO3/c1-2-6-4-3-5-7(10)8(6)9(11)12/h2-5,10H,1H2. The van der Waals surface area contributed by atoms with Crippen molar-refractivity contribution < 1.29 is 10.0 Å². The molecule has 1 aromatic carbocycles. The van der Waals surface area contributed by atoms with E-state index in [9.17, 15) is 10.1 Å². The summed E-state index contributed by atoms with van der Waals surface area (Å²) >= 11 is 0. The molecule has 0 atom stereocenters. The number of phenolic OH excluding ortho intramolecular Hbond substituents is 1. The molecule has 1 N–H and O–H groups in total. The van der Waals surface area contributed by atoms with E-state index in [1.54, 1.807) is 0 Å². The van der Waals surface area contributed by atoms with E-state index in [0.717, 1.165) is 0 Å². The van der Waals surface area contributed by atoms with Crippen LogP contribution in [0.25, 0.3) is 6.08 Å². The summed E-state index contributed by atoms with van der Waals surface area (Å²) in [7, 11) is 0. The van der Waals surface area contributed by atoms with Crippen molar-refractivity contribution in [1.82, 2.24) is 0 Å². The third-order valence-corrected chi connectivity index (χ3v) is 1.45. The highest BCUT2D eigenvalue weighted by molar-refractivity contribution is 5.64. The van der Waals surface area contributed by atoms with Gasteiger partial charge in [-0.1, -0.05) is 18.7 Å². The Labute approximate surface area is 68.9 Å². The van der Waals surface area contributed by atoms with Crippen LogP contribution in [0.3, 0.4) is 0 Å². The third-order valence-electron chi connectivity index (χ3n) is 1.45. The zero-order valence-electron chi connectivity index (χ0n) is 6.23. The van der Waals surface area contributed by atoms with Crippen LogP contribution in [0.2, 0.25) is 0 Å². The van der Waals surface area contributed by atoms with Crippen molar-refractivity contribution in [3.8, 4) is 5.75 Å². The van der Waals surface area contributed by atoms with Gasteiger partial charge in [0.25, 0.3) is 0 Å². The van der Waals surface area contributed by atoms with Gasteiger partial charge in [0.2, 0.25) is 0 Å². The largest absolute Gasteiger partial charge is 0.502 e. The number of rotatable bonds is 2. The Kier molecular flexibility index (Phi) is 2.09. The molecule has 0 heterocycles. The minimum Gasteiger partial charge on any atom is -0.502 e. The van der Waals surface area contributed by atoms with Crippen molar-refractivity contribution in [3.63, 3.8) is 0 Å². The van der Waals surface area contributed by atoms with Gasteiger partial charge in [-0.05, 0) is 12.1 Å². The maximum absolute atomic E-state index is 10.4. The van der Waals surface area contributed by atoms with Gasteiger partial charge in [-0.2, -0.15) is 0 Å². The van der Waals surface area contributed by atoms with Crippen LogP contribution < -0.4 is 0 Å². The second-order valence-corrected chi connectivity index (χ2v) is 2.18. The van der Waals surface area contributed by atoms with Crippen molar-refractivity contribution in [2.45, 2.75) is 0 Å². The first-order valence-corrected chi connectivity index (χ1v) is 3.25. The molecule has 62 valence electrons. The number of hydrogen-bond acceptors (Lipinski definition) is 3. The van der Waals surface area contributed by atoms with Gasteiger partial charge >= 0.3 is 5.69 Å². The predicted molar refractivity (Wildman–Crippen MR) is 44.9 cm³/mol. The van der Waals surface area contributed by atoms with Crippen LogP contribution in [0, 0.1) is 10.1 Å². The zero-order valence-corrected chi connectivity index (χ0v) is 6.23. The molecule has 4 nitrogen and oxygen atoms in total. The number of hydrogen-bond donors (Lipinski definition) is 1. The molecule has 0 radical (unpaired) electrons. The Balaban J connectivity index is 3.39. The average Bonchev–Trinajstić information content (AvgIpc) is 2.03. The molecule has 4 heteroatoms. The first-order valence-electron chi connectivity index (χ1n) is 3.25. The maximum atomic E-state index is 10.4. The molecule has 0 unspecified atom stereocenters. The molecule has 0 fully saturated rings. The van der Waals surface area contributed by atoms with Crippen LogP contribution in [0.1, 0.15) is 5.56 Å². The van der Waals surface area contributed by atoms with E-state index < -0.39 is 4.92 Å². The summed E-state index contributed by atoms with van der Waals surface area (Å²) in [5, 5.41) is 19.5. The molecule has 0 aliphatic carbocycles. The zero-order chi connectivity index (χ0) is 9.14. The molecule has 0 saturated carbocycles. The second kappa shape index (κ2) is 3.04. The van der Waals surface area contributed by atoms with E-state index in [1.807, 2.05) is 0 Å². The Bertz CT molecular complexity index is 333. The lowest BCUT2D eigenvalue weighted by atomic mass is 10.1. The van der Waals surface area contributed by atoms with E-state index in [-0.39, 0.29) is 11.4 Å². The quantitative estimate of drug-likeness (QED) is 0.538. The van der Waals surface area contributed by atoms with Gasteiger partial charge in [-0.25, -0.2) is 0 Å². The topological polar surface area (TPSA) is 63.4 Å². The van der Waals surface area contributed by atoms with Gasteiger partial charge < -0.3 is 5.11 Å². The van der Waals surface area contributed by atoms with Crippen LogP contribution in [-0.2, 0) is 0 Å². The molecule has 0 aromatic heterocycles. The van der Waals surface area contributed by atoms with Crippen LogP contribution >= 0.6 is 0 Å². The molecule has 0 amide bonds. The molecule has 0 aliphatic rings. The SMILES string of the molecule is C=Cc1cccc(O)c1[N+](=O)[O-]. The molecular weight excluding hydrogens is 158 g/mol. The monoisotopic (exact) mass is 165 g/mol. The first-order chi connectivity index (χ1) is 5.66. The van der Waals surface area contributed by atoms with Crippen LogP contribution in [-0.4, -0.2) is 10.0 Å². The van der Waals surface area contributed by atoms with E-state index >= 15 is 0 Å². The first kappa shape index (κ1) is 8.26. The van der Waals surface area contributed by atoms with Crippen LogP contribution in [0.15, 0.2) is 24.8 Å². The van der Waals surface area contributed by atoms with E-state index in [1.165, 1.54) is 24.3 Å². The Morgan fingerprint density at radius 2 is 2.25 bits per heavy atom. The minimum absolute atomic E-state index is 0.299. The van der Waals surface area contributed by atoms with Gasteiger partial charge in [0.15, 0.2) is 5.75 Å². The number of aromatic hydroxyl groups is 1. The van der Waals surface area contributed by atoms with Crippen LogP contribution in [0.5, 0.6) is 5.75 Å². The third kappa shape index (κ3) is 1.27. The minimum atomic E-state index is -0.633. The van der Waals surface area contributed by atoms with Crippen molar-refractivity contribution in [2.24, 2.45) is 0 Å². The molecular formula is C8H7NO3. The number of nitro benzene ring substituents is 1. The number of nitro groups is 1. The summed E-state index contributed by atoms with van der Waals surface area (Å²) < 4.78 is 0. The van der Waals surface area contributed by atoms with E-state index in [4.69, 9.17) is 5.11 Å². The number of phenols is 1. The normalized spacial score (nSPS) is 9.33. The summed E-state index contributed by atoms with van der Waals surface area (Å²) in [5.74, 6) is -0.336. The fourth-order valence-electron chi connectivity index (χ4n) is 0.912. The van der Waals surface area contributed by atoms with Crippen molar-refractivity contribution in [3.05, 3.63) is 40.5 Å². The molecule has 0 bridgehead atoms. The van der Waals surface area contributed by atoms with Gasteiger partial charge in [0.1, 0.15) is 0 Å². The lowest BCUT2D eigenvalue weighted by Gasteiger charge is -1.98. The predicted octanol–water partition coefficient (Wildman–Crippen LogP) is 1.94. The Morgan fingerprint density at radius 1 is 1.58 bits per heavy atom. The molecule has 12 heavy (non-hydrogen) atoms. The number of nitrogens with zero attached hydrogens (tertiary/aromatic N) is 1. The fraction of sp³-hybridized carbons (Fsp3) is 0. The van der Waals surface area contributed by atoms with E-state index in [2.05, 4.69) is 6.58 Å². The lowest BCUT2D eigenvalue weighted by molar-refractivity contribution is -0.386. The summed E-state index contributed by atoms with van der Waals surface area (Å²) in [5.41, 5.74) is 0.0208. The fourth-order valence-corrected chi connectivity index (χ4v) is 0.912. The highest BCUT2D eigenvalue weighted by Gasteiger charge is 2.16. The maximum Gasteiger partial charge on any atom is 0.317 e. The highest BCUT2D eigenvalue weighted by atomic mass is 16.6.